The van der Waals surface area contributed by atoms with E-state index < -0.39 is 0 Å². The maximum absolute atomic E-state index is 4.46. The minimum Gasteiger partial charge on any atom is -0.285 e. The van der Waals surface area contributed by atoms with Gasteiger partial charge in [0.2, 0.25) is 0 Å². The van der Waals surface area contributed by atoms with Crippen molar-refractivity contribution in [1.29, 1.82) is 0 Å². The molecule has 0 saturated carbocycles. The van der Waals surface area contributed by atoms with Crippen LogP contribution in [0.2, 0.25) is 0 Å². The van der Waals surface area contributed by atoms with Crippen molar-refractivity contribution in [2.75, 3.05) is 0 Å². The molecule has 2 aliphatic heterocycles. The Kier molecular flexibility index (Phi) is 1.90. The summed E-state index contributed by atoms with van der Waals surface area (Å²) in [6.07, 6.45) is 0.0899. The normalized spacial score (nSPS) is 25.4. The third kappa shape index (κ3) is 1.27. The van der Waals surface area contributed by atoms with Crippen molar-refractivity contribution in [1.82, 2.24) is 40.2 Å². The van der Waals surface area contributed by atoms with Crippen molar-refractivity contribution in [2.45, 2.75) is 39.3 Å². The maximum Gasteiger partial charge on any atom is 0.148 e. The van der Waals surface area contributed by atoms with Crippen molar-refractivity contribution < 1.29 is 0 Å². The van der Waals surface area contributed by atoms with Crippen molar-refractivity contribution in [2.24, 2.45) is 0 Å². The third-order valence-corrected chi connectivity index (χ3v) is 3.38. The molecule has 4 rings (SSSR count). The molecule has 0 saturated heterocycles. The molecule has 8 heteroatoms. The predicted molar refractivity (Wildman–Crippen MR) is 61.3 cm³/mol. The number of hydrogen-bond acceptors (Lipinski definition) is 6. The lowest BCUT2D eigenvalue weighted by molar-refractivity contribution is 0.135. The van der Waals surface area contributed by atoms with Gasteiger partial charge in [-0.25, -0.2) is 19.3 Å². The third-order valence-electron chi connectivity index (χ3n) is 3.38. The lowest BCUT2D eigenvalue weighted by atomic mass is 10.2. The molecule has 8 nitrogen and oxygen atoms in total. The van der Waals surface area contributed by atoms with E-state index in [1.165, 1.54) is 0 Å². The van der Waals surface area contributed by atoms with Crippen molar-refractivity contribution in [3.05, 3.63) is 23.3 Å². The fraction of sp³-hybridized carbons (Fsp3) is 0.600. The van der Waals surface area contributed by atoms with Gasteiger partial charge in [-0.1, -0.05) is 0 Å². The summed E-state index contributed by atoms with van der Waals surface area (Å²) in [5.41, 5.74) is 0. The van der Waals surface area contributed by atoms with Crippen LogP contribution in [0.25, 0.3) is 0 Å². The van der Waals surface area contributed by atoms with Crippen LogP contribution in [0.1, 0.15) is 35.6 Å². The molecule has 2 aliphatic rings. The highest BCUT2D eigenvalue weighted by molar-refractivity contribution is 5.04. The summed E-state index contributed by atoms with van der Waals surface area (Å²) in [7, 11) is 0. The fourth-order valence-electron chi connectivity index (χ4n) is 2.69. The molecule has 0 spiro atoms. The standard InChI is InChI=1S/C10H14N8/c1-5-13-7-3-11-10-9(17(7)15-5)12-4-8-14-6(2)16-18(8)10/h9-12H,3-4H2,1-2H3/t9-,10-/m0/s1. The van der Waals surface area contributed by atoms with E-state index in [1.807, 2.05) is 23.2 Å². The van der Waals surface area contributed by atoms with Crippen LogP contribution in [0.4, 0.5) is 0 Å². The van der Waals surface area contributed by atoms with Gasteiger partial charge in [-0.05, 0) is 13.8 Å². The fourth-order valence-corrected chi connectivity index (χ4v) is 2.69. The van der Waals surface area contributed by atoms with Crippen LogP contribution in [0.5, 0.6) is 0 Å². The Morgan fingerprint density at radius 1 is 0.889 bits per heavy atom. The van der Waals surface area contributed by atoms with Gasteiger partial charge in [0.1, 0.15) is 35.6 Å². The molecule has 2 N–H and O–H groups in total. The van der Waals surface area contributed by atoms with Crippen LogP contribution in [0.15, 0.2) is 0 Å². The van der Waals surface area contributed by atoms with Gasteiger partial charge in [0, 0.05) is 0 Å². The van der Waals surface area contributed by atoms with Crippen LogP contribution in [-0.2, 0) is 13.1 Å². The monoisotopic (exact) mass is 246 g/mol. The molecule has 0 aromatic carbocycles. The number of nitrogens with one attached hydrogen (secondary N) is 2. The second-order valence-corrected chi connectivity index (χ2v) is 4.69. The van der Waals surface area contributed by atoms with E-state index >= 15 is 0 Å². The molecule has 2 aromatic rings. The summed E-state index contributed by atoms with van der Waals surface area (Å²) in [4.78, 5) is 8.81. The molecule has 0 amide bonds. The van der Waals surface area contributed by atoms with Crippen LogP contribution in [-0.4, -0.2) is 29.5 Å². The molecular weight excluding hydrogens is 232 g/mol. The Bertz CT molecular complexity index is 557. The van der Waals surface area contributed by atoms with E-state index in [-0.39, 0.29) is 12.3 Å². The second kappa shape index (κ2) is 3.36. The van der Waals surface area contributed by atoms with Gasteiger partial charge in [0.15, 0.2) is 0 Å². The smallest absolute Gasteiger partial charge is 0.148 e. The molecule has 0 aliphatic carbocycles. The summed E-state index contributed by atoms with van der Waals surface area (Å²) in [6, 6.07) is 0. The first-order chi connectivity index (χ1) is 8.72. The van der Waals surface area contributed by atoms with E-state index in [0.717, 1.165) is 23.3 Å². The number of hydrogen-bond donors (Lipinski definition) is 2. The second-order valence-electron chi connectivity index (χ2n) is 4.69. The van der Waals surface area contributed by atoms with Crippen LogP contribution in [0.3, 0.4) is 0 Å². The van der Waals surface area contributed by atoms with E-state index in [2.05, 4.69) is 30.8 Å². The molecule has 4 heterocycles. The zero-order chi connectivity index (χ0) is 12.3. The van der Waals surface area contributed by atoms with Gasteiger partial charge in [-0.2, -0.15) is 10.2 Å². The summed E-state index contributed by atoms with van der Waals surface area (Å²) >= 11 is 0. The van der Waals surface area contributed by atoms with Gasteiger partial charge >= 0.3 is 0 Å². The van der Waals surface area contributed by atoms with Crippen LogP contribution < -0.4 is 10.6 Å². The molecule has 0 bridgehead atoms. The number of aryl methyl sites for hydroxylation is 2. The van der Waals surface area contributed by atoms with Gasteiger partial charge in [-0.3, -0.25) is 10.6 Å². The zero-order valence-corrected chi connectivity index (χ0v) is 10.3. The molecular formula is C10H14N8. The van der Waals surface area contributed by atoms with E-state index in [1.54, 1.807) is 0 Å². The van der Waals surface area contributed by atoms with Crippen molar-refractivity contribution in [3.8, 4) is 0 Å². The SMILES string of the molecule is Cc1nc2n(n1)[C@@H]1NCc3nc(C)nn3[C@@H]1NC2. The lowest BCUT2D eigenvalue weighted by Crippen LogP contribution is -2.50. The van der Waals surface area contributed by atoms with Crippen LogP contribution >= 0.6 is 0 Å². The molecule has 0 fully saturated rings. The summed E-state index contributed by atoms with van der Waals surface area (Å²) in [5.74, 6) is 3.52. The Balaban J connectivity index is 1.81. The first-order valence-electron chi connectivity index (χ1n) is 6.03. The molecule has 94 valence electrons. The average molecular weight is 246 g/mol. The quantitative estimate of drug-likeness (QED) is 0.645. The van der Waals surface area contributed by atoms with E-state index in [9.17, 15) is 0 Å². The molecule has 0 radical (unpaired) electrons. The van der Waals surface area contributed by atoms with E-state index in [0.29, 0.717) is 13.1 Å². The molecule has 18 heavy (non-hydrogen) atoms. The minimum absolute atomic E-state index is 0.0450. The number of fused-ring (bicyclic) bond motifs is 5. The average Bonchev–Trinajstić information content (AvgIpc) is 2.89. The molecule has 2 atom stereocenters. The van der Waals surface area contributed by atoms with Gasteiger partial charge in [0.25, 0.3) is 0 Å². The first kappa shape index (κ1) is 10.2. The Morgan fingerprint density at radius 3 is 1.78 bits per heavy atom. The number of rotatable bonds is 0. The number of aromatic nitrogens is 6. The van der Waals surface area contributed by atoms with Gasteiger partial charge in [0.05, 0.1) is 13.1 Å². The first-order valence-corrected chi connectivity index (χ1v) is 6.03. The summed E-state index contributed by atoms with van der Waals surface area (Å²) in [5, 5.41) is 15.8. The Hall–Kier alpha value is -1.80. The highest BCUT2D eigenvalue weighted by Gasteiger charge is 2.37. The van der Waals surface area contributed by atoms with Gasteiger partial charge < -0.3 is 0 Å². The number of nitrogens with zero attached hydrogens (tertiary/aromatic N) is 6. The zero-order valence-electron chi connectivity index (χ0n) is 10.3. The Labute approximate surface area is 103 Å². The maximum atomic E-state index is 4.46. The van der Waals surface area contributed by atoms with E-state index in [4.69, 9.17) is 0 Å². The largest absolute Gasteiger partial charge is 0.285 e. The lowest BCUT2D eigenvalue weighted by Gasteiger charge is -2.37. The topological polar surface area (TPSA) is 85.5 Å². The predicted octanol–water partition coefficient (Wildman–Crippen LogP) is -0.610. The van der Waals surface area contributed by atoms with Gasteiger partial charge in [-0.15, -0.1) is 0 Å². The highest BCUT2D eigenvalue weighted by Crippen LogP contribution is 2.28. The highest BCUT2D eigenvalue weighted by atomic mass is 15.5. The minimum atomic E-state index is 0.0450. The molecule has 0 unspecified atom stereocenters. The van der Waals surface area contributed by atoms with Crippen LogP contribution in [0, 0.1) is 13.8 Å². The summed E-state index contributed by atoms with van der Waals surface area (Å²) < 4.78 is 3.91. The van der Waals surface area contributed by atoms with Crippen molar-refractivity contribution in [3.63, 3.8) is 0 Å². The van der Waals surface area contributed by atoms with Crippen molar-refractivity contribution >= 4 is 0 Å². The Morgan fingerprint density at radius 2 is 1.33 bits per heavy atom. The molecule has 2 aromatic heterocycles. The summed E-state index contributed by atoms with van der Waals surface area (Å²) in [6.45, 7) is 5.21.